The van der Waals surface area contributed by atoms with E-state index in [0.29, 0.717) is 0 Å². The molecule has 0 unspecified atom stereocenters. The molecule has 1 aromatic carbocycles. The molecule has 0 heterocycles. The topological polar surface area (TPSA) is 0 Å². The van der Waals surface area contributed by atoms with E-state index in [0.717, 1.165) is 8.96 Å². The van der Waals surface area contributed by atoms with Crippen LogP contribution in [-0.4, -0.2) is 25.6 Å². The minimum Gasteiger partial charge on any atom is -0.304 e. The molecular formula is C10H13Br3N+. The van der Waals surface area contributed by atoms with E-state index in [1.54, 1.807) is 0 Å². The second-order valence-electron chi connectivity index (χ2n) is 4.03. The van der Waals surface area contributed by atoms with Gasteiger partial charge in [0.05, 0.1) is 21.1 Å². The van der Waals surface area contributed by atoms with E-state index >= 15 is 0 Å². The maximum Gasteiger partial charge on any atom is 0.234 e. The third kappa shape index (κ3) is 2.40. The van der Waals surface area contributed by atoms with Gasteiger partial charge in [-0.05, 0) is 12.1 Å². The second kappa shape index (κ2) is 4.24. The van der Waals surface area contributed by atoms with Gasteiger partial charge in [0.15, 0.2) is 0 Å². The van der Waals surface area contributed by atoms with E-state index in [1.807, 2.05) is 18.2 Å². The van der Waals surface area contributed by atoms with Gasteiger partial charge in [0.25, 0.3) is 0 Å². The minimum atomic E-state index is -0.264. The van der Waals surface area contributed by atoms with Crippen molar-refractivity contribution in [2.45, 2.75) is 3.36 Å². The summed E-state index contributed by atoms with van der Waals surface area (Å²) in [4.78, 5) is 0. The van der Waals surface area contributed by atoms with E-state index in [1.165, 1.54) is 5.56 Å². The predicted molar refractivity (Wildman–Crippen MR) is 71.7 cm³/mol. The van der Waals surface area contributed by atoms with Crippen molar-refractivity contribution in [2.75, 3.05) is 21.1 Å². The molecule has 78 valence electrons. The summed E-state index contributed by atoms with van der Waals surface area (Å²) in [5.41, 5.74) is 1.19. The quantitative estimate of drug-likeness (QED) is 0.408. The Morgan fingerprint density at radius 3 is 2.00 bits per heavy atom. The Morgan fingerprint density at radius 2 is 1.57 bits per heavy atom. The Kier molecular flexibility index (Phi) is 3.84. The van der Waals surface area contributed by atoms with Crippen LogP contribution in [0.5, 0.6) is 0 Å². The molecule has 0 amide bonds. The molecule has 0 radical (unpaired) electrons. The summed E-state index contributed by atoms with van der Waals surface area (Å²) in [6, 6.07) is 8.19. The molecule has 0 saturated heterocycles. The van der Waals surface area contributed by atoms with E-state index < -0.39 is 0 Å². The highest BCUT2D eigenvalue weighted by molar-refractivity contribution is 9.24. The van der Waals surface area contributed by atoms with Crippen LogP contribution in [0, 0.1) is 0 Å². The van der Waals surface area contributed by atoms with Crippen LogP contribution in [-0.2, 0) is 3.36 Å². The van der Waals surface area contributed by atoms with Gasteiger partial charge < -0.3 is 4.48 Å². The summed E-state index contributed by atoms with van der Waals surface area (Å²) in [7, 11) is 6.38. The van der Waals surface area contributed by atoms with Gasteiger partial charge in [-0.2, -0.15) is 0 Å². The molecule has 0 spiro atoms. The van der Waals surface area contributed by atoms with Crippen LogP contribution >= 0.6 is 47.8 Å². The third-order valence-electron chi connectivity index (χ3n) is 2.04. The van der Waals surface area contributed by atoms with Gasteiger partial charge in [-0.25, -0.2) is 0 Å². The van der Waals surface area contributed by atoms with Gasteiger partial charge in [0.2, 0.25) is 3.36 Å². The molecule has 14 heavy (non-hydrogen) atoms. The SMILES string of the molecule is C[N+](C)(C)C(Br)(Br)c1ccccc1Br. The first-order valence-electron chi connectivity index (χ1n) is 4.21. The number of hydrogen-bond acceptors (Lipinski definition) is 0. The lowest BCUT2D eigenvalue weighted by Crippen LogP contribution is -2.46. The molecule has 0 aliphatic rings. The summed E-state index contributed by atoms with van der Waals surface area (Å²) in [5.74, 6) is 0. The number of alkyl halides is 2. The molecule has 1 rings (SSSR count). The highest BCUT2D eigenvalue weighted by Gasteiger charge is 2.40. The van der Waals surface area contributed by atoms with Crippen molar-refractivity contribution < 1.29 is 4.48 Å². The molecular weight excluding hydrogens is 374 g/mol. The smallest absolute Gasteiger partial charge is 0.234 e. The Morgan fingerprint density at radius 1 is 1.07 bits per heavy atom. The molecule has 0 bridgehead atoms. The van der Waals surface area contributed by atoms with Gasteiger partial charge in [0, 0.05) is 41.9 Å². The van der Waals surface area contributed by atoms with Crippen molar-refractivity contribution in [3.8, 4) is 0 Å². The Balaban J connectivity index is 3.23. The van der Waals surface area contributed by atoms with Crippen molar-refractivity contribution >= 4 is 47.8 Å². The van der Waals surface area contributed by atoms with Crippen LogP contribution in [0.15, 0.2) is 28.7 Å². The van der Waals surface area contributed by atoms with Crippen LogP contribution in [0.25, 0.3) is 0 Å². The second-order valence-corrected chi connectivity index (χ2v) is 8.25. The highest BCUT2D eigenvalue weighted by atomic mass is 79.9. The first-order chi connectivity index (χ1) is 6.27. The molecule has 1 nitrogen and oxygen atoms in total. The first kappa shape index (κ1) is 12.7. The molecule has 1 aromatic rings. The molecule has 0 atom stereocenters. The van der Waals surface area contributed by atoms with Crippen LogP contribution in [0.1, 0.15) is 5.56 Å². The fourth-order valence-electron chi connectivity index (χ4n) is 1.07. The summed E-state index contributed by atoms with van der Waals surface area (Å²) < 4.78 is 1.58. The van der Waals surface area contributed by atoms with Gasteiger partial charge in [-0.3, -0.25) is 0 Å². The number of quaternary nitrogens is 1. The summed E-state index contributed by atoms with van der Waals surface area (Å²) in [5, 5.41) is 0. The molecule has 0 aliphatic carbocycles. The van der Waals surface area contributed by atoms with Crippen LogP contribution in [0.2, 0.25) is 0 Å². The van der Waals surface area contributed by atoms with Crippen LogP contribution in [0.4, 0.5) is 0 Å². The van der Waals surface area contributed by atoms with E-state index in [-0.39, 0.29) is 3.36 Å². The normalized spacial score (nSPS) is 13.0. The van der Waals surface area contributed by atoms with Crippen LogP contribution < -0.4 is 0 Å². The van der Waals surface area contributed by atoms with Crippen molar-refractivity contribution in [1.82, 2.24) is 0 Å². The number of halogens is 3. The number of nitrogens with zero attached hydrogens (tertiary/aromatic N) is 1. The van der Waals surface area contributed by atoms with Crippen LogP contribution in [0.3, 0.4) is 0 Å². The van der Waals surface area contributed by atoms with Crippen molar-refractivity contribution in [3.05, 3.63) is 34.3 Å². The maximum absolute atomic E-state index is 3.72. The summed E-state index contributed by atoms with van der Waals surface area (Å²) in [6.45, 7) is 0. The fourth-order valence-corrected chi connectivity index (χ4v) is 2.86. The number of hydrogen-bond donors (Lipinski definition) is 0. The van der Waals surface area contributed by atoms with Gasteiger partial charge in [-0.1, -0.05) is 28.1 Å². The molecule has 0 aromatic heterocycles. The zero-order chi connectivity index (χ0) is 11.0. The van der Waals surface area contributed by atoms with Crippen molar-refractivity contribution in [2.24, 2.45) is 0 Å². The van der Waals surface area contributed by atoms with E-state index in [4.69, 9.17) is 0 Å². The Labute approximate surface area is 110 Å². The molecule has 0 fully saturated rings. The average Bonchev–Trinajstić information content (AvgIpc) is 2.02. The molecule has 0 saturated carbocycles. The Bertz CT molecular complexity index is 328. The summed E-state index contributed by atoms with van der Waals surface area (Å²) >= 11 is 11.0. The third-order valence-corrected chi connectivity index (χ3v) is 5.71. The van der Waals surface area contributed by atoms with Crippen molar-refractivity contribution in [1.29, 1.82) is 0 Å². The Hall–Kier alpha value is 0.620. The minimum absolute atomic E-state index is 0.264. The zero-order valence-electron chi connectivity index (χ0n) is 8.39. The van der Waals surface area contributed by atoms with Gasteiger partial charge in [-0.15, -0.1) is 0 Å². The fraction of sp³-hybridized carbons (Fsp3) is 0.400. The molecule has 4 heteroatoms. The first-order valence-corrected chi connectivity index (χ1v) is 6.59. The lowest BCUT2D eigenvalue weighted by atomic mass is 10.2. The van der Waals surface area contributed by atoms with E-state index in [2.05, 4.69) is 75.0 Å². The summed E-state index contributed by atoms with van der Waals surface area (Å²) in [6.07, 6.45) is 0. The lowest BCUT2D eigenvalue weighted by Gasteiger charge is -2.38. The van der Waals surface area contributed by atoms with Gasteiger partial charge in [0.1, 0.15) is 0 Å². The average molecular weight is 387 g/mol. The lowest BCUT2D eigenvalue weighted by molar-refractivity contribution is -0.893. The zero-order valence-corrected chi connectivity index (χ0v) is 13.1. The number of rotatable bonds is 2. The monoisotopic (exact) mass is 384 g/mol. The van der Waals surface area contributed by atoms with Gasteiger partial charge >= 0.3 is 0 Å². The van der Waals surface area contributed by atoms with Crippen molar-refractivity contribution in [3.63, 3.8) is 0 Å². The molecule has 0 N–H and O–H groups in total. The molecule has 0 aliphatic heterocycles. The standard InChI is InChI=1S/C10H13Br3N/c1-14(2,3)10(12,13)8-6-4-5-7-9(8)11/h4-7H,1-3H3/q+1. The highest BCUT2D eigenvalue weighted by Crippen LogP contribution is 2.46. The maximum atomic E-state index is 3.72. The van der Waals surface area contributed by atoms with E-state index in [9.17, 15) is 0 Å². The largest absolute Gasteiger partial charge is 0.304 e. The predicted octanol–water partition coefficient (Wildman–Crippen LogP) is 4.06. The number of benzene rings is 1.